The van der Waals surface area contributed by atoms with Crippen LogP contribution in [0.2, 0.25) is 10.0 Å². The summed E-state index contributed by atoms with van der Waals surface area (Å²) in [4.78, 5) is 12.3. The van der Waals surface area contributed by atoms with Crippen molar-refractivity contribution in [1.82, 2.24) is 4.57 Å². The molecule has 6 nitrogen and oxygen atoms in total. The van der Waals surface area contributed by atoms with Crippen LogP contribution >= 0.6 is 35.4 Å². The predicted octanol–water partition coefficient (Wildman–Crippen LogP) is 5.22. The van der Waals surface area contributed by atoms with Gasteiger partial charge in [-0.2, -0.15) is 0 Å². The van der Waals surface area contributed by atoms with Gasteiger partial charge in [0, 0.05) is 11.6 Å². The molecule has 148 valence electrons. The van der Waals surface area contributed by atoms with E-state index >= 15 is 0 Å². The third-order valence-electron chi connectivity index (χ3n) is 3.98. The van der Waals surface area contributed by atoms with Crippen molar-refractivity contribution in [1.29, 1.82) is 0 Å². The van der Waals surface area contributed by atoms with Gasteiger partial charge in [-0.3, -0.25) is 4.57 Å². The van der Waals surface area contributed by atoms with Gasteiger partial charge in [-0.05, 0) is 49.0 Å². The number of carbonyl (C=O) groups is 1. The quantitative estimate of drug-likeness (QED) is 0.307. The molecule has 1 heterocycles. The second-order valence-corrected chi connectivity index (χ2v) is 7.07. The van der Waals surface area contributed by atoms with Gasteiger partial charge in [-0.15, -0.1) is 0 Å². The highest BCUT2D eigenvalue weighted by molar-refractivity contribution is 7.71. The third kappa shape index (κ3) is 4.50. The molecule has 0 saturated carbocycles. The number of ether oxygens (including phenoxy) is 2. The van der Waals surface area contributed by atoms with Crippen LogP contribution in [0.5, 0.6) is 5.75 Å². The summed E-state index contributed by atoms with van der Waals surface area (Å²) >= 11 is 17.5. The molecule has 3 aromatic rings. The van der Waals surface area contributed by atoms with Gasteiger partial charge in [0.15, 0.2) is 5.58 Å². The van der Waals surface area contributed by atoms with E-state index in [-0.39, 0.29) is 22.8 Å². The molecule has 0 aliphatic heterocycles. The minimum absolute atomic E-state index is 0.0759. The zero-order chi connectivity index (χ0) is 20.3. The maximum atomic E-state index is 12.1. The van der Waals surface area contributed by atoms with E-state index in [1.807, 2.05) is 6.92 Å². The molecule has 2 aromatic carbocycles. The number of rotatable bonds is 7. The summed E-state index contributed by atoms with van der Waals surface area (Å²) in [5, 5.41) is 11.0. The first kappa shape index (κ1) is 20.7. The average molecular weight is 442 g/mol. The number of fused-ring (bicyclic) bond motifs is 1. The van der Waals surface area contributed by atoms with E-state index in [1.54, 1.807) is 22.8 Å². The molecule has 0 aliphatic carbocycles. The largest absolute Gasteiger partial charge is 0.507 e. The minimum atomic E-state index is -0.618. The van der Waals surface area contributed by atoms with E-state index in [0.717, 1.165) is 0 Å². The molecule has 0 fully saturated rings. The van der Waals surface area contributed by atoms with Crippen molar-refractivity contribution in [2.45, 2.75) is 13.5 Å². The Morgan fingerprint density at radius 1 is 1.25 bits per heavy atom. The SMILES string of the molecule is CCOCCOC(=O)c1ccc(Cn2c(=S)oc3c(Cl)cc(Cl)cc32)cc1O. The van der Waals surface area contributed by atoms with Crippen molar-refractivity contribution in [2.24, 2.45) is 0 Å². The Morgan fingerprint density at radius 2 is 2.04 bits per heavy atom. The molecule has 0 unspecified atom stereocenters. The van der Waals surface area contributed by atoms with Crippen LogP contribution < -0.4 is 0 Å². The molecule has 0 saturated heterocycles. The third-order valence-corrected chi connectivity index (χ3v) is 4.78. The minimum Gasteiger partial charge on any atom is -0.507 e. The van der Waals surface area contributed by atoms with Gasteiger partial charge in [0.2, 0.25) is 0 Å². The molecule has 9 heteroatoms. The first-order valence-electron chi connectivity index (χ1n) is 8.46. The maximum Gasteiger partial charge on any atom is 0.341 e. The first-order valence-corrected chi connectivity index (χ1v) is 9.62. The number of phenolic OH excluding ortho intramolecular Hbond substituents is 1. The van der Waals surface area contributed by atoms with Crippen LogP contribution in [-0.4, -0.2) is 35.5 Å². The summed E-state index contributed by atoms with van der Waals surface area (Å²) < 4.78 is 17.4. The summed E-state index contributed by atoms with van der Waals surface area (Å²) in [7, 11) is 0. The fraction of sp³-hybridized carbons (Fsp3) is 0.263. The summed E-state index contributed by atoms with van der Waals surface area (Å²) in [6.45, 7) is 3.11. The molecule has 0 amide bonds. The number of aromatic hydroxyl groups is 1. The van der Waals surface area contributed by atoms with Gasteiger partial charge in [0.1, 0.15) is 17.9 Å². The topological polar surface area (TPSA) is 73.8 Å². The van der Waals surface area contributed by atoms with Crippen LogP contribution in [-0.2, 0) is 16.0 Å². The van der Waals surface area contributed by atoms with Crippen molar-refractivity contribution in [2.75, 3.05) is 19.8 Å². The Hall–Kier alpha value is -2.06. The molecular formula is C19H17Cl2NO5S. The summed E-state index contributed by atoms with van der Waals surface area (Å²) in [5.41, 5.74) is 1.86. The Bertz CT molecular complexity index is 1080. The number of hydrogen-bond donors (Lipinski definition) is 1. The van der Waals surface area contributed by atoms with Crippen LogP contribution in [0.25, 0.3) is 11.1 Å². The molecule has 3 rings (SSSR count). The number of benzene rings is 2. The average Bonchev–Trinajstić information content (AvgIpc) is 2.95. The van der Waals surface area contributed by atoms with E-state index in [2.05, 4.69) is 0 Å². The number of nitrogens with zero attached hydrogens (tertiary/aromatic N) is 1. The van der Waals surface area contributed by atoms with Gasteiger partial charge in [-0.1, -0.05) is 29.3 Å². The van der Waals surface area contributed by atoms with Gasteiger partial charge in [0.25, 0.3) is 4.84 Å². The second kappa shape index (κ2) is 8.96. The summed E-state index contributed by atoms with van der Waals surface area (Å²) in [6, 6.07) is 7.95. The van der Waals surface area contributed by atoms with E-state index in [0.29, 0.717) is 46.5 Å². The lowest BCUT2D eigenvalue weighted by Crippen LogP contribution is -2.11. The molecule has 1 N–H and O–H groups in total. The van der Waals surface area contributed by atoms with E-state index < -0.39 is 5.97 Å². The Labute approximate surface area is 176 Å². The first-order chi connectivity index (χ1) is 13.4. The van der Waals surface area contributed by atoms with Crippen molar-refractivity contribution >= 4 is 52.5 Å². The van der Waals surface area contributed by atoms with Gasteiger partial charge in [0.05, 0.1) is 23.7 Å². The molecule has 0 bridgehead atoms. The highest BCUT2D eigenvalue weighted by Gasteiger charge is 2.15. The smallest absolute Gasteiger partial charge is 0.341 e. The van der Waals surface area contributed by atoms with Crippen LogP contribution in [0.4, 0.5) is 0 Å². The number of aromatic nitrogens is 1. The van der Waals surface area contributed by atoms with Crippen LogP contribution in [0.3, 0.4) is 0 Å². The predicted molar refractivity (Wildman–Crippen MR) is 109 cm³/mol. The standard InChI is InChI=1S/C19H17Cl2NO5S/c1-2-25-5-6-26-18(24)13-4-3-11(7-16(13)23)10-22-15-9-12(20)8-14(21)17(15)27-19(22)28/h3-4,7-9,23H,2,5-6,10H2,1H3. The van der Waals surface area contributed by atoms with Crippen LogP contribution in [0.15, 0.2) is 34.7 Å². The highest BCUT2D eigenvalue weighted by atomic mass is 35.5. The zero-order valence-electron chi connectivity index (χ0n) is 14.9. The van der Waals surface area contributed by atoms with Crippen molar-refractivity contribution in [3.8, 4) is 5.75 Å². The molecule has 0 aliphatic rings. The van der Waals surface area contributed by atoms with Crippen molar-refractivity contribution in [3.05, 3.63) is 56.3 Å². The van der Waals surface area contributed by atoms with Gasteiger partial charge in [-0.25, -0.2) is 4.79 Å². The summed E-state index contributed by atoms with van der Waals surface area (Å²) in [5.74, 6) is -0.804. The van der Waals surface area contributed by atoms with E-state index in [1.165, 1.54) is 12.1 Å². The van der Waals surface area contributed by atoms with E-state index in [9.17, 15) is 9.90 Å². The zero-order valence-corrected chi connectivity index (χ0v) is 17.2. The number of halogens is 2. The Kier molecular flexibility index (Phi) is 6.61. The Balaban J connectivity index is 1.82. The Morgan fingerprint density at radius 3 is 2.75 bits per heavy atom. The molecular weight excluding hydrogens is 425 g/mol. The number of oxazole rings is 1. The fourth-order valence-corrected chi connectivity index (χ4v) is 3.45. The number of phenols is 1. The number of hydrogen-bond acceptors (Lipinski definition) is 6. The van der Waals surface area contributed by atoms with Gasteiger partial charge >= 0.3 is 5.97 Å². The number of esters is 1. The maximum absolute atomic E-state index is 12.1. The lowest BCUT2D eigenvalue weighted by atomic mass is 10.1. The lowest BCUT2D eigenvalue weighted by Gasteiger charge is -2.09. The van der Waals surface area contributed by atoms with Crippen molar-refractivity contribution < 1.29 is 23.8 Å². The number of carbonyl (C=O) groups excluding carboxylic acids is 1. The van der Waals surface area contributed by atoms with E-state index in [4.69, 9.17) is 49.3 Å². The normalized spacial score (nSPS) is 11.1. The molecule has 0 radical (unpaired) electrons. The summed E-state index contributed by atoms with van der Waals surface area (Å²) in [6.07, 6.45) is 0. The molecule has 0 spiro atoms. The lowest BCUT2D eigenvalue weighted by molar-refractivity contribution is 0.0332. The van der Waals surface area contributed by atoms with Crippen LogP contribution in [0, 0.1) is 4.84 Å². The van der Waals surface area contributed by atoms with Gasteiger partial charge < -0.3 is 19.0 Å². The van der Waals surface area contributed by atoms with Crippen LogP contribution in [0.1, 0.15) is 22.8 Å². The second-order valence-electron chi connectivity index (χ2n) is 5.87. The fourth-order valence-electron chi connectivity index (χ4n) is 2.68. The molecule has 1 aromatic heterocycles. The monoisotopic (exact) mass is 441 g/mol. The van der Waals surface area contributed by atoms with Crippen molar-refractivity contribution in [3.63, 3.8) is 0 Å². The molecule has 0 atom stereocenters. The highest BCUT2D eigenvalue weighted by Crippen LogP contribution is 2.30. The molecule has 28 heavy (non-hydrogen) atoms.